The lowest BCUT2D eigenvalue weighted by Crippen LogP contribution is -2.32. The molecule has 1 aromatic rings. The summed E-state index contributed by atoms with van der Waals surface area (Å²) in [4.78, 5) is 11.9. The molecule has 0 radical (unpaired) electrons. The fourth-order valence-corrected chi connectivity index (χ4v) is 2.32. The third-order valence-corrected chi connectivity index (χ3v) is 4.40. The fraction of sp³-hybridized carbons (Fsp3) is 0.583. The van der Waals surface area contributed by atoms with Crippen LogP contribution < -0.4 is 5.32 Å². The fourth-order valence-electron chi connectivity index (χ4n) is 1.53. The minimum Gasteiger partial charge on any atom is -0.438 e. The molecule has 2 N–H and O–H groups in total. The Bertz CT molecular complexity index is 550. The highest BCUT2D eigenvalue weighted by Gasteiger charge is 2.23. The zero-order valence-electron chi connectivity index (χ0n) is 11.8. The summed E-state index contributed by atoms with van der Waals surface area (Å²) in [5.74, 6) is -0.531. The molecular formula is C12H20N2O5S. The number of sulfonamides is 1. The largest absolute Gasteiger partial charge is 0.438 e. The zero-order chi connectivity index (χ0) is 15.3. The summed E-state index contributed by atoms with van der Waals surface area (Å²) in [5.41, 5.74) is 0. The molecule has 0 fully saturated rings. The molecule has 0 aliphatic rings. The lowest BCUT2D eigenvalue weighted by molar-refractivity contribution is 0.0903. The molecule has 1 unspecified atom stereocenters. The van der Waals surface area contributed by atoms with Crippen LogP contribution in [0.15, 0.2) is 21.6 Å². The van der Waals surface area contributed by atoms with Gasteiger partial charge in [0.1, 0.15) is 0 Å². The molecule has 1 rings (SSSR count). The van der Waals surface area contributed by atoms with Crippen LogP contribution in [0.1, 0.15) is 30.3 Å². The van der Waals surface area contributed by atoms with Crippen molar-refractivity contribution < 1.29 is 22.7 Å². The Balaban J connectivity index is 2.75. The van der Waals surface area contributed by atoms with Crippen LogP contribution in [-0.2, 0) is 10.0 Å². The Morgan fingerprint density at radius 1 is 1.45 bits per heavy atom. The first kappa shape index (κ1) is 16.7. The number of amides is 1. The van der Waals surface area contributed by atoms with Crippen LogP contribution in [-0.4, -0.2) is 50.5 Å². The monoisotopic (exact) mass is 304 g/mol. The summed E-state index contributed by atoms with van der Waals surface area (Å²) >= 11 is 0. The zero-order valence-corrected chi connectivity index (χ0v) is 12.6. The molecule has 0 saturated carbocycles. The van der Waals surface area contributed by atoms with Gasteiger partial charge in [0.2, 0.25) is 5.09 Å². The van der Waals surface area contributed by atoms with Crippen LogP contribution in [0, 0.1) is 0 Å². The normalized spacial score (nSPS) is 13.4. The molecule has 0 saturated heterocycles. The highest BCUT2D eigenvalue weighted by molar-refractivity contribution is 7.88. The van der Waals surface area contributed by atoms with E-state index in [1.165, 1.54) is 26.2 Å². The maximum absolute atomic E-state index is 11.9. The molecule has 0 aromatic carbocycles. The first-order valence-electron chi connectivity index (χ1n) is 6.23. The first-order valence-corrected chi connectivity index (χ1v) is 7.67. The molecule has 0 spiro atoms. The second-order valence-corrected chi connectivity index (χ2v) is 6.73. The van der Waals surface area contributed by atoms with E-state index in [0.717, 1.165) is 4.31 Å². The Morgan fingerprint density at radius 2 is 2.10 bits per heavy atom. The maximum atomic E-state index is 11.9. The van der Waals surface area contributed by atoms with E-state index in [1.54, 1.807) is 6.92 Å². The predicted octanol–water partition coefficient (Wildman–Crippen LogP) is 0.421. The lowest BCUT2D eigenvalue weighted by atomic mass is 10.2. The van der Waals surface area contributed by atoms with Crippen LogP contribution in [0.2, 0.25) is 0 Å². The maximum Gasteiger partial charge on any atom is 0.287 e. The number of aliphatic hydroxyl groups excluding tert-OH is 1. The van der Waals surface area contributed by atoms with E-state index in [-0.39, 0.29) is 23.5 Å². The molecule has 1 aromatic heterocycles. The Hall–Kier alpha value is -1.38. The molecule has 7 nitrogen and oxygen atoms in total. The Kier molecular flexibility index (Phi) is 5.73. The molecular weight excluding hydrogens is 284 g/mol. The highest BCUT2D eigenvalue weighted by Crippen LogP contribution is 2.17. The number of nitrogens with zero attached hydrogens (tertiary/aromatic N) is 1. The van der Waals surface area contributed by atoms with Crippen molar-refractivity contribution in [2.24, 2.45) is 0 Å². The molecule has 20 heavy (non-hydrogen) atoms. The Labute approximate surface area is 118 Å². The first-order chi connectivity index (χ1) is 9.28. The van der Waals surface area contributed by atoms with Crippen molar-refractivity contribution in [3.05, 3.63) is 17.9 Å². The SMILES string of the molecule is CC(CCCO)NC(=O)c1ccc(S(=O)(=O)N(C)C)o1. The van der Waals surface area contributed by atoms with Gasteiger partial charge < -0.3 is 14.8 Å². The number of furan rings is 1. The van der Waals surface area contributed by atoms with Crippen LogP contribution in [0.4, 0.5) is 0 Å². The van der Waals surface area contributed by atoms with Gasteiger partial charge in [-0.3, -0.25) is 4.79 Å². The van der Waals surface area contributed by atoms with E-state index < -0.39 is 15.9 Å². The van der Waals surface area contributed by atoms with Crippen LogP contribution in [0.5, 0.6) is 0 Å². The number of carbonyl (C=O) groups excluding carboxylic acids is 1. The third kappa shape index (κ3) is 4.06. The minimum atomic E-state index is -3.68. The summed E-state index contributed by atoms with van der Waals surface area (Å²) < 4.78 is 29.7. The molecule has 114 valence electrons. The summed E-state index contributed by atoms with van der Waals surface area (Å²) in [6.07, 6.45) is 1.21. The van der Waals surface area contributed by atoms with Gasteiger partial charge in [-0.05, 0) is 31.9 Å². The predicted molar refractivity (Wildman–Crippen MR) is 72.8 cm³/mol. The Morgan fingerprint density at radius 3 is 2.65 bits per heavy atom. The average Bonchev–Trinajstić information content (AvgIpc) is 2.86. The van der Waals surface area contributed by atoms with Gasteiger partial charge in [0.25, 0.3) is 15.9 Å². The second-order valence-electron chi connectivity index (χ2n) is 4.65. The van der Waals surface area contributed by atoms with Gasteiger partial charge in [0.15, 0.2) is 5.76 Å². The van der Waals surface area contributed by atoms with E-state index in [2.05, 4.69) is 5.32 Å². The standard InChI is InChI=1S/C12H20N2O5S/c1-9(5-4-8-15)13-12(16)10-6-7-11(19-10)20(17,18)14(2)3/h6-7,9,15H,4-5,8H2,1-3H3,(H,13,16). The third-order valence-electron chi connectivity index (χ3n) is 2.71. The van der Waals surface area contributed by atoms with Crippen molar-refractivity contribution in [2.45, 2.75) is 30.9 Å². The van der Waals surface area contributed by atoms with E-state index in [0.29, 0.717) is 12.8 Å². The van der Waals surface area contributed by atoms with Crippen molar-refractivity contribution in [3.8, 4) is 0 Å². The number of hydrogen-bond acceptors (Lipinski definition) is 5. The van der Waals surface area contributed by atoms with Gasteiger partial charge in [-0.1, -0.05) is 0 Å². The molecule has 1 amide bonds. The van der Waals surface area contributed by atoms with Gasteiger partial charge in [0.05, 0.1) is 0 Å². The topological polar surface area (TPSA) is 99.8 Å². The molecule has 8 heteroatoms. The van der Waals surface area contributed by atoms with Crippen molar-refractivity contribution in [1.82, 2.24) is 9.62 Å². The number of hydrogen-bond donors (Lipinski definition) is 2. The minimum absolute atomic E-state index is 0.0544. The van der Waals surface area contributed by atoms with Crippen LogP contribution in [0.25, 0.3) is 0 Å². The van der Waals surface area contributed by atoms with Crippen molar-refractivity contribution in [1.29, 1.82) is 0 Å². The smallest absolute Gasteiger partial charge is 0.287 e. The molecule has 0 bridgehead atoms. The van der Waals surface area contributed by atoms with Gasteiger partial charge in [-0.2, -0.15) is 0 Å². The lowest BCUT2D eigenvalue weighted by Gasteiger charge is -2.12. The number of carbonyl (C=O) groups is 1. The van der Waals surface area contributed by atoms with Crippen molar-refractivity contribution in [3.63, 3.8) is 0 Å². The number of nitrogens with one attached hydrogen (secondary N) is 1. The number of rotatable bonds is 7. The summed E-state index contributed by atoms with van der Waals surface area (Å²) in [7, 11) is -0.912. The van der Waals surface area contributed by atoms with E-state index in [4.69, 9.17) is 9.52 Å². The van der Waals surface area contributed by atoms with Crippen molar-refractivity contribution >= 4 is 15.9 Å². The van der Waals surface area contributed by atoms with E-state index in [9.17, 15) is 13.2 Å². The molecule has 1 heterocycles. The van der Waals surface area contributed by atoms with E-state index in [1.807, 2.05) is 0 Å². The van der Waals surface area contributed by atoms with Gasteiger partial charge in [-0.15, -0.1) is 0 Å². The molecule has 1 atom stereocenters. The van der Waals surface area contributed by atoms with Crippen molar-refractivity contribution in [2.75, 3.05) is 20.7 Å². The summed E-state index contributed by atoms with van der Waals surface area (Å²) in [6.45, 7) is 1.86. The molecule has 0 aliphatic carbocycles. The van der Waals surface area contributed by atoms with Gasteiger partial charge >= 0.3 is 0 Å². The summed E-state index contributed by atoms with van der Waals surface area (Å²) in [6, 6.07) is 2.45. The highest BCUT2D eigenvalue weighted by atomic mass is 32.2. The quantitative estimate of drug-likeness (QED) is 0.760. The average molecular weight is 304 g/mol. The summed E-state index contributed by atoms with van der Waals surface area (Å²) in [5, 5.41) is 11.1. The van der Waals surface area contributed by atoms with E-state index >= 15 is 0 Å². The van der Waals surface area contributed by atoms with Crippen LogP contribution in [0.3, 0.4) is 0 Å². The van der Waals surface area contributed by atoms with Crippen LogP contribution >= 0.6 is 0 Å². The second kappa shape index (κ2) is 6.87. The van der Waals surface area contributed by atoms with Gasteiger partial charge in [0, 0.05) is 26.7 Å². The van der Waals surface area contributed by atoms with Gasteiger partial charge in [-0.25, -0.2) is 12.7 Å². The number of aliphatic hydroxyl groups is 1. The molecule has 0 aliphatic heterocycles.